The number of piperazine rings is 1. The second-order valence-electron chi connectivity index (χ2n) is 8.08. The van der Waals surface area contributed by atoms with E-state index in [0.29, 0.717) is 21.6 Å². The van der Waals surface area contributed by atoms with Crippen LogP contribution in [0.15, 0.2) is 42.5 Å². The van der Waals surface area contributed by atoms with Crippen molar-refractivity contribution in [2.24, 2.45) is 0 Å². The smallest absolute Gasteiger partial charge is 0.356 e. The van der Waals surface area contributed by atoms with Gasteiger partial charge in [-0.15, -0.1) is 0 Å². The van der Waals surface area contributed by atoms with Crippen LogP contribution >= 0.6 is 11.6 Å². The van der Waals surface area contributed by atoms with Crippen molar-refractivity contribution >= 4 is 45.8 Å². The first kappa shape index (κ1) is 22.9. The van der Waals surface area contributed by atoms with Crippen molar-refractivity contribution in [1.29, 1.82) is 0 Å². The quantitative estimate of drug-likeness (QED) is 0.533. The number of carbonyl (C=O) groups is 2. The van der Waals surface area contributed by atoms with Crippen LogP contribution in [0.5, 0.6) is 5.75 Å². The van der Waals surface area contributed by atoms with E-state index in [1.165, 1.54) is 7.11 Å². The molecule has 2 aromatic carbocycles. The highest BCUT2D eigenvalue weighted by Crippen LogP contribution is 2.31. The molecule has 0 aliphatic carbocycles. The normalized spacial score (nSPS) is 16.6. The monoisotopic (exact) mass is 470 g/mol. The number of aromatic amines is 1. The van der Waals surface area contributed by atoms with Crippen molar-refractivity contribution in [3.63, 3.8) is 0 Å². The molecule has 2 N–H and O–H groups in total. The summed E-state index contributed by atoms with van der Waals surface area (Å²) >= 11 is 6.14. The average Bonchev–Trinajstić information content (AvgIpc) is 3.16. The van der Waals surface area contributed by atoms with E-state index in [0.717, 1.165) is 31.1 Å². The highest BCUT2D eigenvalue weighted by molar-refractivity contribution is 6.31. The van der Waals surface area contributed by atoms with E-state index in [1.807, 2.05) is 24.3 Å². The third-order valence-corrected chi connectivity index (χ3v) is 6.13. The lowest BCUT2D eigenvalue weighted by Gasteiger charge is -2.41. The van der Waals surface area contributed by atoms with E-state index in [1.54, 1.807) is 25.3 Å². The molecule has 1 fully saturated rings. The molecule has 1 atom stereocenters. The Hall–Kier alpha value is -3.23. The summed E-state index contributed by atoms with van der Waals surface area (Å²) in [5, 5.41) is 4.07. The zero-order chi connectivity index (χ0) is 23.5. The number of benzene rings is 2. The number of ether oxygens (including phenoxy) is 2. The Bertz CT molecular complexity index is 1160. The summed E-state index contributed by atoms with van der Waals surface area (Å²) in [7, 11) is 2.95. The molecule has 4 rings (SSSR count). The van der Waals surface area contributed by atoms with Crippen molar-refractivity contribution in [1.82, 2.24) is 9.88 Å². The van der Waals surface area contributed by atoms with Gasteiger partial charge in [-0.05, 0) is 49.4 Å². The number of methoxy groups -OCH3 is 2. The topological polar surface area (TPSA) is 86.9 Å². The van der Waals surface area contributed by atoms with Gasteiger partial charge in [0.1, 0.15) is 11.4 Å². The van der Waals surface area contributed by atoms with Crippen LogP contribution in [-0.2, 0) is 9.53 Å². The van der Waals surface area contributed by atoms with Crippen molar-refractivity contribution < 1.29 is 19.1 Å². The number of rotatable bonds is 6. The molecular weight excluding hydrogens is 444 g/mol. The van der Waals surface area contributed by atoms with Gasteiger partial charge in [-0.2, -0.15) is 0 Å². The lowest BCUT2D eigenvalue weighted by atomic mass is 10.1. The molecule has 1 aliphatic rings. The summed E-state index contributed by atoms with van der Waals surface area (Å²) in [6.45, 7) is 4.65. The van der Waals surface area contributed by atoms with Crippen molar-refractivity contribution in [2.75, 3.05) is 50.6 Å². The van der Waals surface area contributed by atoms with E-state index in [2.05, 4.69) is 27.0 Å². The van der Waals surface area contributed by atoms with Gasteiger partial charge in [-0.3, -0.25) is 9.69 Å². The highest BCUT2D eigenvalue weighted by Gasteiger charge is 2.26. The number of halogens is 1. The van der Waals surface area contributed by atoms with Gasteiger partial charge < -0.3 is 24.7 Å². The van der Waals surface area contributed by atoms with Gasteiger partial charge in [-0.1, -0.05) is 11.6 Å². The second-order valence-corrected chi connectivity index (χ2v) is 8.52. The van der Waals surface area contributed by atoms with E-state index < -0.39 is 5.97 Å². The first-order chi connectivity index (χ1) is 15.9. The zero-order valence-electron chi connectivity index (χ0n) is 18.9. The number of H-pyrrole nitrogens is 1. The number of aromatic nitrogens is 1. The first-order valence-electron chi connectivity index (χ1n) is 10.7. The molecule has 8 nitrogen and oxygen atoms in total. The summed E-state index contributed by atoms with van der Waals surface area (Å²) in [5.41, 5.74) is 2.40. The van der Waals surface area contributed by atoms with Gasteiger partial charge in [0, 0.05) is 47.3 Å². The number of anilines is 2. The van der Waals surface area contributed by atoms with Gasteiger partial charge in [0.05, 0.1) is 26.5 Å². The van der Waals surface area contributed by atoms with E-state index in [9.17, 15) is 9.59 Å². The predicted molar refractivity (Wildman–Crippen MR) is 130 cm³/mol. The largest absolute Gasteiger partial charge is 0.497 e. The maximum atomic E-state index is 12.9. The molecule has 2 heterocycles. The fraction of sp³-hybridized carbons (Fsp3) is 0.333. The van der Waals surface area contributed by atoms with Crippen LogP contribution in [-0.4, -0.2) is 68.2 Å². The van der Waals surface area contributed by atoms with Gasteiger partial charge in [-0.25, -0.2) is 4.79 Å². The summed E-state index contributed by atoms with van der Waals surface area (Å²) in [6, 6.07) is 13.4. The molecule has 0 unspecified atom stereocenters. The standard InChI is InChI=1S/C24H27ClN4O4/c1-15-13-28(10-11-29(15)17-5-7-18(32-2)8-6-17)14-21(30)27-22-19-12-16(25)4-9-20(19)26-23(22)24(31)33-3/h4-9,12,15,26H,10-11,13-14H2,1-3H3,(H,27,30)/t15-/m1/s1. The number of nitrogens with one attached hydrogen (secondary N) is 2. The predicted octanol–water partition coefficient (Wildman–Crippen LogP) is 3.77. The number of hydrogen-bond acceptors (Lipinski definition) is 6. The van der Waals surface area contributed by atoms with Gasteiger partial charge in [0.15, 0.2) is 0 Å². The number of amides is 1. The summed E-state index contributed by atoms with van der Waals surface area (Å²) < 4.78 is 10.1. The molecule has 174 valence electrons. The number of carbonyl (C=O) groups excluding carboxylic acids is 2. The molecule has 1 saturated heterocycles. The molecular formula is C24H27ClN4O4. The van der Waals surface area contributed by atoms with Crippen LogP contribution in [0, 0.1) is 0 Å². The summed E-state index contributed by atoms with van der Waals surface area (Å²) in [5.74, 6) is 0.0667. The van der Waals surface area contributed by atoms with Crippen molar-refractivity contribution in [3.05, 3.63) is 53.2 Å². The van der Waals surface area contributed by atoms with Gasteiger partial charge in [0.25, 0.3) is 0 Å². The molecule has 33 heavy (non-hydrogen) atoms. The average molecular weight is 471 g/mol. The maximum Gasteiger partial charge on any atom is 0.356 e. The Kier molecular flexibility index (Phi) is 6.76. The van der Waals surface area contributed by atoms with Crippen LogP contribution in [0.3, 0.4) is 0 Å². The van der Waals surface area contributed by atoms with Crippen LogP contribution in [0.25, 0.3) is 10.9 Å². The minimum absolute atomic E-state index is 0.195. The number of nitrogens with zero attached hydrogens (tertiary/aromatic N) is 2. The van der Waals surface area contributed by atoms with Crippen LogP contribution < -0.4 is 15.0 Å². The molecule has 1 aliphatic heterocycles. The zero-order valence-corrected chi connectivity index (χ0v) is 19.6. The fourth-order valence-corrected chi connectivity index (χ4v) is 4.44. The Labute approximate surface area is 197 Å². The van der Waals surface area contributed by atoms with E-state index in [-0.39, 0.29) is 24.2 Å². The maximum absolute atomic E-state index is 12.9. The molecule has 9 heteroatoms. The SMILES string of the molecule is COC(=O)c1[nH]c2ccc(Cl)cc2c1NC(=O)CN1CCN(c2ccc(OC)cc2)[C@H](C)C1. The minimum atomic E-state index is -0.556. The highest BCUT2D eigenvalue weighted by atomic mass is 35.5. The Morgan fingerprint density at radius 1 is 1.15 bits per heavy atom. The Balaban J connectivity index is 1.44. The number of esters is 1. The number of fused-ring (bicyclic) bond motifs is 1. The minimum Gasteiger partial charge on any atom is -0.497 e. The van der Waals surface area contributed by atoms with E-state index >= 15 is 0 Å². The molecule has 1 aromatic heterocycles. The molecule has 0 bridgehead atoms. The molecule has 0 radical (unpaired) electrons. The molecule has 0 saturated carbocycles. The number of hydrogen-bond donors (Lipinski definition) is 2. The van der Waals surface area contributed by atoms with E-state index in [4.69, 9.17) is 21.1 Å². The molecule has 0 spiro atoms. The fourth-order valence-electron chi connectivity index (χ4n) is 4.27. The van der Waals surface area contributed by atoms with Crippen molar-refractivity contribution in [2.45, 2.75) is 13.0 Å². The summed E-state index contributed by atoms with van der Waals surface area (Å²) in [6.07, 6.45) is 0. The Morgan fingerprint density at radius 3 is 2.58 bits per heavy atom. The van der Waals surface area contributed by atoms with Crippen LogP contribution in [0.1, 0.15) is 17.4 Å². The first-order valence-corrected chi connectivity index (χ1v) is 11.1. The summed E-state index contributed by atoms with van der Waals surface area (Å²) in [4.78, 5) is 32.6. The third-order valence-electron chi connectivity index (χ3n) is 5.90. The van der Waals surface area contributed by atoms with Gasteiger partial charge in [0.2, 0.25) is 5.91 Å². The lowest BCUT2D eigenvalue weighted by molar-refractivity contribution is -0.117. The van der Waals surface area contributed by atoms with Crippen molar-refractivity contribution in [3.8, 4) is 5.75 Å². The van der Waals surface area contributed by atoms with Gasteiger partial charge >= 0.3 is 5.97 Å². The van der Waals surface area contributed by atoms with Crippen LogP contribution in [0.4, 0.5) is 11.4 Å². The lowest BCUT2D eigenvalue weighted by Crippen LogP contribution is -2.53. The molecule has 3 aromatic rings. The van der Waals surface area contributed by atoms with Crippen LogP contribution in [0.2, 0.25) is 5.02 Å². The third kappa shape index (κ3) is 4.91. The second kappa shape index (κ2) is 9.72. The Morgan fingerprint density at radius 2 is 1.91 bits per heavy atom. The molecule has 1 amide bonds.